The van der Waals surface area contributed by atoms with Crippen molar-refractivity contribution in [3.8, 4) is 0 Å². The summed E-state index contributed by atoms with van der Waals surface area (Å²) in [5, 5.41) is 16.9. The van der Waals surface area contributed by atoms with E-state index in [2.05, 4.69) is 51.5 Å². The van der Waals surface area contributed by atoms with Crippen molar-refractivity contribution >= 4 is 17.8 Å². The molecular weight excluding hydrogens is 592 g/mol. The normalized spacial score (nSPS) is 36.7. The Hall–Kier alpha value is -2.19. The summed E-state index contributed by atoms with van der Waals surface area (Å²) in [6, 6.07) is 0. The Bertz CT molecular complexity index is 1110. The van der Waals surface area contributed by atoms with Crippen LogP contribution in [0.2, 0.25) is 0 Å². The highest BCUT2D eigenvalue weighted by molar-refractivity contribution is 5.87. The molecule has 8 heteroatoms. The quantitative estimate of drug-likeness (QED) is 0.107. The van der Waals surface area contributed by atoms with Gasteiger partial charge in [-0.25, -0.2) is 0 Å². The SMILES string of the molecule is C=CC(=O)NCCCCOC1CC[C@]2(C)[C@H]3CC[C@]4(C)[C@@H]([C@H](C)CCC)CC[C@H]4[C@@H]3CC(OCCCCNC(=O)C=C)C2(C(=O)O)C1. The zero-order chi connectivity index (χ0) is 34.2. The first-order valence-corrected chi connectivity index (χ1v) is 18.8. The molecule has 266 valence electrons. The van der Waals surface area contributed by atoms with Gasteiger partial charge in [0.25, 0.3) is 0 Å². The van der Waals surface area contributed by atoms with Crippen molar-refractivity contribution in [1.29, 1.82) is 0 Å². The third-order valence-corrected chi connectivity index (χ3v) is 13.5. The first kappa shape index (κ1) is 37.6. The van der Waals surface area contributed by atoms with Gasteiger partial charge in [-0.15, -0.1) is 0 Å². The highest BCUT2D eigenvalue weighted by Crippen LogP contribution is 2.72. The van der Waals surface area contributed by atoms with Crippen LogP contribution in [0, 0.1) is 45.8 Å². The Morgan fingerprint density at radius 1 is 0.894 bits per heavy atom. The van der Waals surface area contributed by atoms with Gasteiger partial charge in [0.05, 0.1) is 12.2 Å². The fraction of sp³-hybridized carbons (Fsp3) is 0.821. The lowest BCUT2D eigenvalue weighted by Gasteiger charge is -2.66. The Balaban J connectivity index is 1.53. The van der Waals surface area contributed by atoms with Gasteiger partial charge in [-0.05, 0) is 130 Å². The van der Waals surface area contributed by atoms with Crippen LogP contribution in [0.15, 0.2) is 25.3 Å². The second-order valence-electron chi connectivity index (χ2n) is 15.8. The molecule has 4 aliphatic carbocycles. The number of carbonyl (C=O) groups excluding carboxylic acids is 2. The Morgan fingerprint density at radius 3 is 2.13 bits per heavy atom. The van der Waals surface area contributed by atoms with Crippen LogP contribution in [0.3, 0.4) is 0 Å². The van der Waals surface area contributed by atoms with Crippen molar-refractivity contribution in [1.82, 2.24) is 10.6 Å². The summed E-state index contributed by atoms with van der Waals surface area (Å²) < 4.78 is 13.2. The van der Waals surface area contributed by atoms with E-state index in [4.69, 9.17) is 9.47 Å². The first-order chi connectivity index (χ1) is 22.5. The third kappa shape index (κ3) is 7.69. The Labute approximate surface area is 284 Å². The monoisotopic (exact) mass is 656 g/mol. The van der Waals surface area contributed by atoms with Gasteiger partial charge in [0.2, 0.25) is 11.8 Å². The molecule has 8 nitrogen and oxygen atoms in total. The van der Waals surface area contributed by atoms with Crippen LogP contribution in [0.5, 0.6) is 0 Å². The van der Waals surface area contributed by atoms with Crippen LogP contribution < -0.4 is 10.6 Å². The summed E-state index contributed by atoms with van der Waals surface area (Å²) in [5.74, 6) is 1.86. The lowest BCUT2D eigenvalue weighted by atomic mass is 9.39. The number of carboxylic acids is 1. The van der Waals surface area contributed by atoms with E-state index in [1.807, 2.05) is 0 Å². The average Bonchev–Trinajstić information content (AvgIpc) is 3.41. The van der Waals surface area contributed by atoms with Crippen LogP contribution in [-0.2, 0) is 23.9 Å². The molecule has 0 aromatic carbocycles. The predicted molar refractivity (Wildman–Crippen MR) is 186 cm³/mol. The number of hydrogen-bond acceptors (Lipinski definition) is 5. The summed E-state index contributed by atoms with van der Waals surface area (Å²) >= 11 is 0. The number of hydrogen-bond donors (Lipinski definition) is 3. The van der Waals surface area contributed by atoms with E-state index in [0.717, 1.165) is 63.2 Å². The van der Waals surface area contributed by atoms with E-state index >= 15 is 0 Å². The number of unbranched alkanes of at least 4 members (excludes halogenated alkanes) is 2. The smallest absolute Gasteiger partial charge is 0.312 e. The summed E-state index contributed by atoms with van der Waals surface area (Å²) in [6.07, 6.45) is 15.6. The van der Waals surface area contributed by atoms with E-state index in [9.17, 15) is 19.5 Å². The maximum absolute atomic E-state index is 13.8. The molecule has 2 amide bonds. The van der Waals surface area contributed by atoms with Crippen molar-refractivity contribution < 1.29 is 29.0 Å². The van der Waals surface area contributed by atoms with Crippen LogP contribution in [0.4, 0.5) is 0 Å². The molecule has 47 heavy (non-hydrogen) atoms. The highest BCUT2D eigenvalue weighted by atomic mass is 16.5. The van der Waals surface area contributed by atoms with Gasteiger partial charge in [-0.3, -0.25) is 14.4 Å². The number of nitrogens with one attached hydrogen (secondary N) is 2. The van der Waals surface area contributed by atoms with Gasteiger partial charge in [-0.1, -0.05) is 53.7 Å². The molecule has 0 aliphatic heterocycles. The molecule has 3 N–H and O–H groups in total. The minimum Gasteiger partial charge on any atom is -0.481 e. The Morgan fingerprint density at radius 2 is 1.53 bits per heavy atom. The number of carbonyl (C=O) groups is 3. The van der Waals surface area contributed by atoms with Gasteiger partial charge in [0.1, 0.15) is 5.41 Å². The Kier molecular flexibility index (Phi) is 13.2. The summed E-state index contributed by atoms with van der Waals surface area (Å²) in [6.45, 7) is 18.8. The van der Waals surface area contributed by atoms with Crippen molar-refractivity contribution in [2.45, 2.75) is 130 Å². The summed E-state index contributed by atoms with van der Waals surface area (Å²) in [7, 11) is 0. The molecule has 0 radical (unpaired) electrons. The van der Waals surface area contributed by atoms with Crippen LogP contribution >= 0.6 is 0 Å². The molecule has 0 heterocycles. The van der Waals surface area contributed by atoms with Crippen LogP contribution in [0.25, 0.3) is 0 Å². The zero-order valence-electron chi connectivity index (χ0n) is 29.8. The summed E-state index contributed by atoms with van der Waals surface area (Å²) in [5.41, 5.74) is -1.06. The molecular formula is C39H64N2O6. The second-order valence-corrected chi connectivity index (χ2v) is 15.8. The molecule has 0 aromatic heterocycles. The average molecular weight is 657 g/mol. The number of fused-ring (bicyclic) bond motifs is 5. The van der Waals surface area contributed by atoms with Gasteiger partial charge in [0.15, 0.2) is 0 Å². The molecule has 0 saturated heterocycles. The van der Waals surface area contributed by atoms with E-state index in [1.54, 1.807) is 0 Å². The number of aliphatic carboxylic acids is 1. The summed E-state index contributed by atoms with van der Waals surface area (Å²) in [4.78, 5) is 36.8. The molecule has 4 fully saturated rings. The number of amides is 2. The minimum absolute atomic E-state index is 0.127. The van der Waals surface area contributed by atoms with Crippen molar-refractivity contribution in [2.75, 3.05) is 26.3 Å². The van der Waals surface area contributed by atoms with Gasteiger partial charge in [0, 0.05) is 26.3 Å². The predicted octanol–water partition coefficient (Wildman–Crippen LogP) is 7.08. The van der Waals surface area contributed by atoms with Gasteiger partial charge in [-0.2, -0.15) is 0 Å². The highest BCUT2D eigenvalue weighted by Gasteiger charge is 2.71. The molecule has 3 unspecified atom stereocenters. The largest absolute Gasteiger partial charge is 0.481 e. The fourth-order valence-corrected chi connectivity index (χ4v) is 11.2. The van der Waals surface area contributed by atoms with E-state index in [0.29, 0.717) is 55.9 Å². The molecule has 0 spiro atoms. The molecule has 0 aromatic rings. The van der Waals surface area contributed by atoms with E-state index < -0.39 is 11.4 Å². The van der Waals surface area contributed by atoms with E-state index in [1.165, 1.54) is 44.3 Å². The van der Waals surface area contributed by atoms with E-state index in [-0.39, 0.29) is 29.4 Å². The maximum atomic E-state index is 13.8. The second kappa shape index (κ2) is 16.5. The molecule has 10 atom stereocenters. The fourth-order valence-electron chi connectivity index (χ4n) is 11.2. The lowest BCUT2D eigenvalue weighted by Crippen LogP contribution is -2.68. The van der Waals surface area contributed by atoms with Crippen LogP contribution in [0.1, 0.15) is 118 Å². The molecule has 4 saturated carbocycles. The third-order valence-electron chi connectivity index (χ3n) is 13.5. The molecule has 4 rings (SSSR count). The minimum atomic E-state index is -1.01. The number of ether oxygens (including phenoxy) is 2. The first-order valence-electron chi connectivity index (χ1n) is 18.8. The van der Waals surface area contributed by atoms with Crippen molar-refractivity contribution in [3.05, 3.63) is 25.3 Å². The van der Waals surface area contributed by atoms with Gasteiger partial charge < -0.3 is 25.2 Å². The van der Waals surface area contributed by atoms with Gasteiger partial charge >= 0.3 is 5.97 Å². The maximum Gasteiger partial charge on any atom is 0.312 e. The number of carboxylic acid groups (broad SMARTS) is 1. The molecule has 0 bridgehead atoms. The van der Waals surface area contributed by atoms with Crippen LogP contribution in [-0.4, -0.2) is 61.4 Å². The lowest BCUT2D eigenvalue weighted by molar-refractivity contribution is -0.246. The number of rotatable bonds is 18. The topological polar surface area (TPSA) is 114 Å². The van der Waals surface area contributed by atoms with Crippen molar-refractivity contribution in [2.24, 2.45) is 45.8 Å². The van der Waals surface area contributed by atoms with Crippen molar-refractivity contribution in [3.63, 3.8) is 0 Å². The standard InChI is InChI=1S/C39H64N2O6/c1-7-14-27(4)30-15-16-31-29-25-33(47-24-13-11-22-41-35(43)9-3)39(36(44)45)26-28(46-23-12-10-21-40-34(42)8-2)17-20-38(39,6)32(29)18-19-37(30,31)5/h8-9,27-33H,2-3,7,10-26H2,1,4-6H3,(H,40,42)(H,41,43)(H,44,45)/t27-,28?,29+,30-,31+,32+,33?,37-,38-,39?/m1/s1. The zero-order valence-corrected chi connectivity index (χ0v) is 29.8. The molecule has 4 aliphatic rings.